The average molecular weight is 1020 g/mol. The predicted octanol–water partition coefficient (Wildman–Crippen LogP) is 20.0. The zero-order chi connectivity index (χ0) is 52.8. The number of nitrogens with zero attached hydrogens (tertiary/aromatic N) is 3. The highest BCUT2D eigenvalue weighted by Crippen LogP contribution is 2.64. The van der Waals surface area contributed by atoms with Crippen molar-refractivity contribution < 1.29 is 8.83 Å². The van der Waals surface area contributed by atoms with Crippen LogP contribution in [0.5, 0.6) is 0 Å². The number of pyridine rings is 1. The van der Waals surface area contributed by atoms with Gasteiger partial charge in [0.1, 0.15) is 22.3 Å². The van der Waals surface area contributed by atoms with Gasteiger partial charge in [0.05, 0.1) is 11.0 Å². The lowest BCUT2D eigenvalue weighted by Crippen LogP contribution is -2.24. The monoisotopic (exact) mass is 1020 g/mol. The molecule has 0 saturated heterocycles. The van der Waals surface area contributed by atoms with Gasteiger partial charge >= 0.3 is 0 Å². The number of furan rings is 2. The highest BCUT2D eigenvalue weighted by Gasteiger charge is 2.49. The molecule has 4 aromatic heterocycles. The summed E-state index contributed by atoms with van der Waals surface area (Å²) in [7, 11) is 0. The zero-order valence-electron chi connectivity index (χ0n) is 44.9. The summed E-state index contributed by atoms with van der Waals surface area (Å²) in [6.45, 7) is 14.5. The third-order valence-corrected chi connectivity index (χ3v) is 18.6. The largest absolute Gasteiger partial charge is 0.455 e. The summed E-state index contributed by atoms with van der Waals surface area (Å²) in [6, 6.07) is 73.9. The van der Waals surface area contributed by atoms with E-state index in [-0.39, 0.29) is 16.2 Å². The Morgan fingerprint density at radius 1 is 0.380 bits per heavy atom. The first-order valence-corrected chi connectivity index (χ1v) is 27.7. The van der Waals surface area contributed by atoms with Crippen molar-refractivity contribution in [2.75, 3.05) is 4.90 Å². The van der Waals surface area contributed by atoms with Crippen LogP contribution in [0.25, 0.3) is 116 Å². The molecule has 0 fully saturated rings. The van der Waals surface area contributed by atoms with E-state index in [2.05, 4.69) is 256 Å². The summed E-state index contributed by atoms with van der Waals surface area (Å²) < 4.78 is 16.4. The molecule has 17 rings (SSSR count). The lowest BCUT2D eigenvalue weighted by Gasteiger charge is -2.32. The molecule has 3 aliphatic rings. The van der Waals surface area contributed by atoms with Gasteiger partial charge in [-0.05, 0) is 158 Å². The third kappa shape index (κ3) is 5.76. The van der Waals surface area contributed by atoms with E-state index < -0.39 is 0 Å². The molecule has 0 unspecified atom stereocenters. The molecule has 79 heavy (non-hydrogen) atoms. The van der Waals surface area contributed by atoms with Crippen LogP contribution in [-0.2, 0) is 16.2 Å². The number of anilines is 3. The Bertz CT molecular complexity index is 4990. The molecule has 0 N–H and O–H groups in total. The summed E-state index contributed by atoms with van der Waals surface area (Å²) in [6.07, 6.45) is 3.75. The molecular formula is C74H53N3O2. The van der Waals surface area contributed by atoms with Crippen LogP contribution < -0.4 is 4.90 Å². The average Bonchev–Trinajstić information content (AvgIpc) is 4.32. The van der Waals surface area contributed by atoms with E-state index >= 15 is 0 Å². The van der Waals surface area contributed by atoms with Crippen LogP contribution in [0.1, 0.15) is 74.9 Å². The third-order valence-electron chi connectivity index (χ3n) is 18.6. The van der Waals surface area contributed by atoms with Crippen molar-refractivity contribution in [1.82, 2.24) is 9.55 Å². The molecule has 0 bridgehead atoms. The number of fused-ring (bicyclic) bond motifs is 22. The second kappa shape index (κ2) is 15.4. The van der Waals surface area contributed by atoms with Crippen molar-refractivity contribution in [1.29, 1.82) is 0 Å². The molecule has 5 heteroatoms. The summed E-state index contributed by atoms with van der Waals surface area (Å²) in [5, 5.41) is 7.09. The molecular weight excluding hydrogens is 963 g/mol. The van der Waals surface area contributed by atoms with Gasteiger partial charge in [-0.15, -0.1) is 0 Å². The Labute approximate surface area is 457 Å². The van der Waals surface area contributed by atoms with Gasteiger partial charge in [0, 0.05) is 94.8 Å². The predicted molar refractivity (Wildman–Crippen MR) is 326 cm³/mol. The van der Waals surface area contributed by atoms with Gasteiger partial charge in [-0.2, -0.15) is 0 Å². The maximum atomic E-state index is 7.13. The van der Waals surface area contributed by atoms with Crippen LogP contribution in [0.3, 0.4) is 0 Å². The van der Waals surface area contributed by atoms with Crippen molar-refractivity contribution in [2.45, 2.75) is 57.8 Å². The highest BCUT2D eigenvalue weighted by atomic mass is 16.3. The molecule has 376 valence electrons. The van der Waals surface area contributed by atoms with E-state index in [9.17, 15) is 0 Å². The van der Waals surface area contributed by atoms with Crippen LogP contribution in [0, 0.1) is 0 Å². The zero-order valence-corrected chi connectivity index (χ0v) is 44.9. The van der Waals surface area contributed by atoms with Crippen LogP contribution in [0.4, 0.5) is 17.1 Å². The standard InChI is InChI=1S/C74H53N3O2/c1-72(2)56-39-45(28-31-49(56)63-58(72)41-53(42-34-36-75-37-35-42)70-65(63)51-22-12-16-26-61(51)78-70)76(44-30-33-60-54(38-44)47-20-11-15-25-59(47)77(60)43-18-8-7-9-19-43)46-29-32-50-57(40-46)74(5,6)69-67(50)71-66(52-23-13-17-27-62(52)79-71)64-48-21-10-14-24-55(48)73(3,4)68(64)69/h7-41H,1-6H3. The van der Waals surface area contributed by atoms with E-state index in [0.717, 1.165) is 67.0 Å². The smallest absolute Gasteiger partial charge is 0.144 e. The first-order chi connectivity index (χ1) is 38.5. The maximum Gasteiger partial charge on any atom is 0.144 e. The molecule has 0 spiro atoms. The normalized spacial score (nSPS) is 15.0. The summed E-state index contributed by atoms with van der Waals surface area (Å²) in [4.78, 5) is 6.91. The van der Waals surface area contributed by atoms with Crippen LogP contribution in [0.2, 0.25) is 0 Å². The lowest BCUT2D eigenvalue weighted by molar-refractivity contribution is 0.600. The molecule has 5 nitrogen and oxygen atoms in total. The van der Waals surface area contributed by atoms with Gasteiger partial charge in [-0.25, -0.2) is 0 Å². The van der Waals surface area contributed by atoms with Crippen molar-refractivity contribution in [2.24, 2.45) is 0 Å². The van der Waals surface area contributed by atoms with Crippen molar-refractivity contribution in [3.05, 3.63) is 246 Å². The SMILES string of the molecule is CC1(C)c2cc(N(c3ccc4c(c3)C(C)(C)c3c5c(c6c(oc7ccccc76)c3-4)-c3ccccc3C5(C)C)c3ccc4c(c3)c3ccccc3n4-c3ccccc3)ccc2-c2c1cc(-c1ccncc1)c1oc3ccccc3c21. The number of hydrogen-bond donors (Lipinski definition) is 0. The molecule has 14 aromatic rings. The van der Waals surface area contributed by atoms with Crippen LogP contribution >= 0.6 is 0 Å². The fourth-order valence-electron chi connectivity index (χ4n) is 15.0. The van der Waals surface area contributed by atoms with E-state index in [4.69, 9.17) is 8.83 Å². The van der Waals surface area contributed by atoms with Gasteiger partial charge in [0.15, 0.2) is 0 Å². The lowest BCUT2D eigenvalue weighted by atomic mass is 9.72. The topological polar surface area (TPSA) is 47.3 Å². The fourth-order valence-corrected chi connectivity index (χ4v) is 15.0. The Hall–Kier alpha value is -9.45. The second-order valence-corrected chi connectivity index (χ2v) is 23.8. The number of benzene rings is 10. The minimum Gasteiger partial charge on any atom is -0.455 e. The maximum absolute atomic E-state index is 7.13. The number of rotatable bonds is 5. The van der Waals surface area contributed by atoms with Gasteiger partial charge in [-0.3, -0.25) is 4.98 Å². The van der Waals surface area contributed by atoms with Gasteiger partial charge in [0.2, 0.25) is 0 Å². The van der Waals surface area contributed by atoms with Crippen molar-refractivity contribution >= 4 is 82.7 Å². The number of aromatic nitrogens is 2. The molecule has 0 amide bonds. The second-order valence-electron chi connectivity index (χ2n) is 23.8. The first-order valence-electron chi connectivity index (χ1n) is 27.7. The summed E-state index contributed by atoms with van der Waals surface area (Å²) in [5.74, 6) is 0. The Morgan fingerprint density at radius 2 is 0.911 bits per heavy atom. The van der Waals surface area contributed by atoms with E-state index in [1.807, 2.05) is 12.4 Å². The highest BCUT2D eigenvalue weighted by molar-refractivity contribution is 6.22. The Balaban J connectivity index is 0.915. The minimum atomic E-state index is -0.386. The van der Waals surface area contributed by atoms with E-state index in [0.29, 0.717) is 0 Å². The summed E-state index contributed by atoms with van der Waals surface area (Å²) in [5.41, 5.74) is 27.2. The molecule has 0 radical (unpaired) electrons. The quantitative estimate of drug-likeness (QED) is 0.172. The van der Waals surface area contributed by atoms with Crippen LogP contribution in [0.15, 0.2) is 221 Å². The first kappa shape index (κ1) is 44.7. The van der Waals surface area contributed by atoms with E-state index in [1.165, 1.54) is 99.3 Å². The van der Waals surface area contributed by atoms with Crippen LogP contribution in [-0.4, -0.2) is 9.55 Å². The Morgan fingerprint density at radius 3 is 1.65 bits per heavy atom. The molecule has 0 saturated carbocycles. The van der Waals surface area contributed by atoms with Gasteiger partial charge in [0.25, 0.3) is 0 Å². The van der Waals surface area contributed by atoms with Crippen molar-refractivity contribution in [3.63, 3.8) is 0 Å². The molecule has 3 aliphatic carbocycles. The summed E-state index contributed by atoms with van der Waals surface area (Å²) >= 11 is 0. The molecule has 4 heterocycles. The van der Waals surface area contributed by atoms with E-state index in [1.54, 1.807) is 0 Å². The van der Waals surface area contributed by atoms with Gasteiger partial charge < -0.3 is 18.3 Å². The number of para-hydroxylation sites is 4. The molecule has 0 aliphatic heterocycles. The van der Waals surface area contributed by atoms with Gasteiger partial charge in [-0.1, -0.05) is 151 Å². The van der Waals surface area contributed by atoms with Crippen molar-refractivity contribution in [3.8, 4) is 50.2 Å². The number of hydrogen-bond acceptors (Lipinski definition) is 4. The minimum absolute atomic E-state index is 0.243. The fraction of sp³-hybridized carbons (Fsp3) is 0.122. The Kier molecular flexibility index (Phi) is 8.70. The molecule has 0 atom stereocenters. The molecule has 10 aromatic carbocycles.